The highest BCUT2D eigenvalue weighted by Gasteiger charge is 2.31. The molecule has 2 aromatic rings. The second-order valence-corrected chi connectivity index (χ2v) is 4.72. The maximum Gasteiger partial charge on any atom is 0.315 e. The first kappa shape index (κ1) is 11.0. The molecule has 1 heterocycles. The van der Waals surface area contributed by atoms with Gasteiger partial charge in [0.25, 0.3) is 0 Å². The lowest BCUT2D eigenvalue weighted by atomic mass is 9.90. The van der Waals surface area contributed by atoms with E-state index in [0.717, 1.165) is 10.9 Å². The molecule has 0 unspecified atom stereocenters. The van der Waals surface area contributed by atoms with Crippen LogP contribution >= 0.6 is 11.6 Å². The molecule has 0 aliphatic rings. The van der Waals surface area contributed by atoms with Gasteiger partial charge in [0.2, 0.25) is 0 Å². The Bertz CT molecular complexity index is 557. The normalized spacial score (nSPS) is 11.9. The number of hydrogen-bond acceptors (Lipinski definition) is 1. The van der Waals surface area contributed by atoms with Crippen molar-refractivity contribution >= 4 is 28.5 Å². The summed E-state index contributed by atoms with van der Waals surface area (Å²) in [4.78, 5) is 14.2. The SMILES string of the molecule is CC(C)(C(=O)O)c1cc2c(Cl)cccc2[nH]1. The van der Waals surface area contributed by atoms with Crippen molar-refractivity contribution in [1.29, 1.82) is 0 Å². The molecule has 84 valence electrons. The molecule has 0 amide bonds. The highest BCUT2D eigenvalue weighted by Crippen LogP contribution is 2.30. The van der Waals surface area contributed by atoms with Crippen molar-refractivity contribution < 1.29 is 9.90 Å². The van der Waals surface area contributed by atoms with Gasteiger partial charge in [0, 0.05) is 21.6 Å². The van der Waals surface area contributed by atoms with Gasteiger partial charge in [-0.1, -0.05) is 17.7 Å². The third-order valence-corrected chi connectivity index (χ3v) is 3.15. The Kier molecular flexibility index (Phi) is 2.43. The number of aromatic nitrogens is 1. The van der Waals surface area contributed by atoms with Crippen LogP contribution in [0.3, 0.4) is 0 Å². The minimum atomic E-state index is -0.942. The van der Waals surface area contributed by atoms with Crippen LogP contribution in [-0.2, 0) is 10.2 Å². The van der Waals surface area contributed by atoms with Gasteiger partial charge >= 0.3 is 5.97 Å². The average Bonchev–Trinajstić information content (AvgIpc) is 2.63. The Morgan fingerprint density at radius 2 is 2.12 bits per heavy atom. The topological polar surface area (TPSA) is 53.1 Å². The van der Waals surface area contributed by atoms with Crippen LogP contribution in [0.15, 0.2) is 24.3 Å². The maximum atomic E-state index is 11.1. The van der Waals surface area contributed by atoms with Gasteiger partial charge in [0.1, 0.15) is 5.41 Å². The molecule has 16 heavy (non-hydrogen) atoms. The van der Waals surface area contributed by atoms with E-state index in [4.69, 9.17) is 16.7 Å². The molecule has 0 aliphatic heterocycles. The first-order chi connectivity index (χ1) is 7.43. The van der Waals surface area contributed by atoms with Gasteiger partial charge in [-0.25, -0.2) is 0 Å². The number of aromatic amines is 1. The fourth-order valence-electron chi connectivity index (χ4n) is 1.57. The molecule has 1 aromatic carbocycles. The number of hydrogen-bond donors (Lipinski definition) is 2. The van der Waals surface area contributed by atoms with Crippen molar-refractivity contribution in [3.8, 4) is 0 Å². The number of carboxylic acid groups (broad SMARTS) is 1. The summed E-state index contributed by atoms with van der Waals surface area (Å²) < 4.78 is 0. The Balaban J connectivity index is 2.64. The predicted molar refractivity (Wildman–Crippen MR) is 64.0 cm³/mol. The number of rotatable bonds is 2. The van der Waals surface area contributed by atoms with Gasteiger partial charge in [0.15, 0.2) is 0 Å². The summed E-state index contributed by atoms with van der Waals surface area (Å²) >= 11 is 6.03. The summed E-state index contributed by atoms with van der Waals surface area (Å²) in [6.07, 6.45) is 0. The van der Waals surface area contributed by atoms with E-state index in [-0.39, 0.29) is 0 Å². The molecular weight excluding hydrogens is 226 g/mol. The highest BCUT2D eigenvalue weighted by atomic mass is 35.5. The van der Waals surface area contributed by atoms with Crippen molar-refractivity contribution in [1.82, 2.24) is 4.98 Å². The quantitative estimate of drug-likeness (QED) is 0.843. The number of carbonyl (C=O) groups is 1. The van der Waals surface area contributed by atoms with Gasteiger partial charge in [-0.15, -0.1) is 0 Å². The molecule has 0 fully saturated rings. The van der Waals surface area contributed by atoms with E-state index in [9.17, 15) is 4.79 Å². The van der Waals surface area contributed by atoms with Crippen molar-refractivity contribution in [3.63, 3.8) is 0 Å². The number of nitrogens with one attached hydrogen (secondary N) is 1. The lowest BCUT2D eigenvalue weighted by Crippen LogP contribution is -2.28. The maximum absolute atomic E-state index is 11.1. The minimum Gasteiger partial charge on any atom is -0.481 e. The fourth-order valence-corrected chi connectivity index (χ4v) is 1.80. The number of benzene rings is 1. The predicted octanol–water partition coefficient (Wildman–Crippen LogP) is 3.18. The number of carboxylic acids is 1. The molecule has 3 nitrogen and oxygen atoms in total. The molecule has 0 aliphatic carbocycles. The summed E-state index contributed by atoms with van der Waals surface area (Å²) in [5.41, 5.74) is 0.572. The van der Waals surface area contributed by atoms with Crippen LogP contribution in [0.5, 0.6) is 0 Å². The average molecular weight is 238 g/mol. The molecule has 1 aromatic heterocycles. The van der Waals surface area contributed by atoms with Crippen LogP contribution < -0.4 is 0 Å². The van der Waals surface area contributed by atoms with Crippen molar-refractivity contribution in [3.05, 3.63) is 35.0 Å². The lowest BCUT2D eigenvalue weighted by Gasteiger charge is -2.16. The Labute approximate surface area is 98.0 Å². The molecular formula is C12H12ClNO2. The fraction of sp³-hybridized carbons (Fsp3) is 0.250. The third kappa shape index (κ3) is 1.57. The van der Waals surface area contributed by atoms with Crippen LogP contribution in [0.2, 0.25) is 5.02 Å². The standard InChI is InChI=1S/C12H12ClNO2/c1-12(2,11(15)16)10-6-7-8(13)4-3-5-9(7)14-10/h3-6,14H,1-2H3,(H,15,16). The summed E-state index contributed by atoms with van der Waals surface area (Å²) in [6, 6.07) is 7.29. The smallest absolute Gasteiger partial charge is 0.315 e. The second-order valence-electron chi connectivity index (χ2n) is 4.31. The molecule has 0 saturated heterocycles. The second kappa shape index (κ2) is 3.52. The zero-order valence-corrected chi connectivity index (χ0v) is 9.80. The number of fused-ring (bicyclic) bond motifs is 1. The molecule has 0 saturated carbocycles. The zero-order chi connectivity index (χ0) is 11.9. The van der Waals surface area contributed by atoms with Gasteiger partial charge in [-0.05, 0) is 32.0 Å². The van der Waals surface area contributed by atoms with Gasteiger partial charge in [0.05, 0.1) is 0 Å². The van der Waals surface area contributed by atoms with Crippen LogP contribution in [0, 0.1) is 0 Å². The van der Waals surface area contributed by atoms with Crippen LogP contribution in [0.25, 0.3) is 10.9 Å². The van der Waals surface area contributed by atoms with E-state index in [1.54, 1.807) is 26.0 Å². The number of H-pyrrole nitrogens is 1. The van der Waals surface area contributed by atoms with Crippen LogP contribution in [0.4, 0.5) is 0 Å². The number of aliphatic carboxylic acids is 1. The van der Waals surface area contributed by atoms with E-state index in [1.165, 1.54) is 0 Å². The van der Waals surface area contributed by atoms with Crippen LogP contribution in [-0.4, -0.2) is 16.1 Å². The van der Waals surface area contributed by atoms with E-state index < -0.39 is 11.4 Å². The Hall–Kier alpha value is -1.48. The summed E-state index contributed by atoms with van der Waals surface area (Å²) in [7, 11) is 0. The lowest BCUT2D eigenvalue weighted by molar-refractivity contribution is -0.142. The van der Waals surface area contributed by atoms with Crippen molar-refractivity contribution in [2.75, 3.05) is 0 Å². The first-order valence-electron chi connectivity index (χ1n) is 4.94. The van der Waals surface area contributed by atoms with Gasteiger partial charge in [-0.2, -0.15) is 0 Å². The molecule has 2 N–H and O–H groups in total. The molecule has 0 atom stereocenters. The summed E-state index contributed by atoms with van der Waals surface area (Å²) in [5.74, 6) is -0.866. The van der Waals surface area contributed by atoms with Gasteiger partial charge in [-0.3, -0.25) is 4.79 Å². The van der Waals surface area contributed by atoms with E-state index >= 15 is 0 Å². The Morgan fingerprint density at radius 1 is 1.44 bits per heavy atom. The zero-order valence-electron chi connectivity index (χ0n) is 9.04. The monoisotopic (exact) mass is 237 g/mol. The van der Waals surface area contributed by atoms with Gasteiger partial charge < -0.3 is 10.1 Å². The third-order valence-electron chi connectivity index (χ3n) is 2.82. The van der Waals surface area contributed by atoms with E-state index in [2.05, 4.69) is 4.98 Å². The largest absolute Gasteiger partial charge is 0.481 e. The molecule has 0 spiro atoms. The van der Waals surface area contributed by atoms with Crippen molar-refractivity contribution in [2.45, 2.75) is 19.3 Å². The Morgan fingerprint density at radius 3 is 2.69 bits per heavy atom. The van der Waals surface area contributed by atoms with Crippen LogP contribution in [0.1, 0.15) is 19.5 Å². The summed E-state index contributed by atoms with van der Waals surface area (Å²) in [5, 5.41) is 10.6. The highest BCUT2D eigenvalue weighted by molar-refractivity contribution is 6.35. The van der Waals surface area contributed by atoms with E-state index in [1.807, 2.05) is 12.1 Å². The van der Waals surface area contributed by atoms with E-state index in [0.29, 0.717) is 10.7 Å². The van der Waals surface area contributed by atoms with Crippen molar-refractivity contribution in [2.24, 2.45) is 0 Å². The molecule has 4 heteroatoms. The molecule has 0 bridgehead atoms. The summed E-state index contributed by atoms with van der Waals surface area (Å²) in [6.45, 7) is 3.32. The minimum absolute atomic E-state index is 0.626. The molecule has 0 radical (unpaired) electrons. The number of halogens is 1. The molecule has 2 rings (SSSR count). The first-order valence-corrected chi connectivity index (χ1v) is 5.32.